The second-order valence-corrected chi connectivity index (χ2v) is 3.39. The SMILES string of the molecule is [CH2]Cc1cc(Br)cs1. The van der Waals surface area contributed by atoms with Crippen LogP contribution in [0, 0.1) is 6.92 Å². The summed E-state index contributed by atoms with van der Waals surface area (Å²) in [5.41, 5.74) is 0. The Morgan fingerprint density at radius 1 is 1.75 bits per heavy atom. The lowest BCUT2D eigenvalue weighted by Crippen LogP contribution is -1.64. The van der Waals surface area contributed by atoms with Crippen LogP contribution in [-0.2, 0) is 6.42 Å². The van der Waals surface area contributed by atoms with E-state index in [2.05, 4.69) is 34.3 Å². The van der Waals surface area contributed by atoms with Crippen LogP contribution in [0.25, 0.3) is 0 Å². The third-order valence-electron chi connectivity index (χ3n) is 0.868. The minimum atomic E-state index is 0.899. The molecule has 1 heterocycles. The molecule has 1 aromatic rings. The molecule has 0 saturated heterocycles. The van der Waals surface area contributed by atoms with Crippen LogP contribution in [0.1, 0.15) is 4.88 Å². The Balaban J connectivity index is 2.84. The molecular weight excluding hydrogens is 184 g/mol. The third kappa shape index (κ3) is 1.33. The van der Waals surface area contributed by atoms with E-state index in [9.17, 15) is 0 Å². The first-order chi connectivity index (χ1) is 3.83. The van der Waals surface area contributed by atoms with Gasteiger partial charge in [-0.05, 0) is 35.3 Å². The van der Waals surface area contributed by atoms with Gasteiger partial charge in [-0.2, -0.15) is 0 Å². The molecule has 0 aliphatic carbocycles. The maximum atomic E-state index is 3.76. The molecule has 0 aromatic carbocycles. The van der Waals surface area contributed by atoms with Crippen LogP contribution in [0.3, 0.4) is 0 Å². The summed E-state index contributed by atoms with van der Waals surface area (Å²) in [5.74, 6) is 0. The van der Waals surface area contributed by atoms with Gasteiger partial charge in [0.15, 0.2) is 0 Å². The fraction of sp³-hybridized carbons (Fsp3) is 0.167. The zero-order valence-electron chi connectivity index (χ0n) is 4.36. The molecule has 0 aliphatic rings. The fourth-order valence-electron chi connectivity index (χ4n) is 0.485. The molecule has 0 atom stereocenters. The van der Waals surface area contributed by atoms with Gasteiger partial charge in [-0.1, -0.05) is 0 Å². The van der Waals surface area contributed by atoms with Crippen molar-refractivity contribution in [2.75, 3.05) is 0 Å². The molecule has 1 rings (SSSR count). The second kappa shape index (κ2) is 2.65. The first-order valence-corrected chi connectivity index (χ1v) is 4.02. The van der Waals surface area contributed by atoms with Crippen molar-refractivity contribution < 1.29 is 0 Å². The number of hydrogen-bond acceptors (Lipinski definition) is 1. The largest absolute Gasteiger partial charge is 0.148 e. The molecule has 8 heavy (non-hydrogen) atoms. The molecule has 0 nitrogen and oxygen atoms in total. The predicted octanol–water partition coefficient (Wildman–Crippen LogP) is 2.89. The van der Waals surface area contributed by atoms with Crippen LogP contribution in [0.4, 0.5) is 0 Å². The van der Waals surface area contributed by atoms with E-state index < -0.39 is 0 Å². The van der Waals surface area contributed by atoms with E-state index in [1.165, 1.54) is 9.35 Å². The number of thiophene rings is 1. The van der Waals surface area contributed by atoms with Crippen LogP contribution in [-0.4, -0.2) is 0 Å². The van der Waals surface area contributed by atoms with Gasteiger partial charge >= 0.3 is 0 Å². The minimum Gasteiger partial charge on any atom is -0.148 e. The summed E-state index contributed by atoms with van der Waals surface area (Å²) in [4.78, 5) is 1.33. The highest BCUT2D eigenvalue weighted by Gasteiger charge is 1.91. The van der Waals surface area contributed by atoms with Crippen molar-refractivity contribution in [3.63, 3.8) is 0 Å². The highest BCUT2D eigenvalue weighted by Crippen LogP contribution is 2.19. The Labute approximate surface area is 61.7 Å². The Bertz CT molecular complexity index is 169. The van der Waals surface area contributed by atoms with Crippen molar-refractivity contribution in [1.82, 2.24) is 0 Å². The number of halogens is 1. The molecule has 0 spiro atoms. The highest BCUT2D eigenvalue weighted by molar-refractivity contribution is 9.10. The number of hydrogen-bond donors (Lipinski definition) is 0. The van der Waals surface area contributed by atoms with Crippen molar-refractivity contribution >= 4 is 27.3 Å². The summed E-state index contributed by atoms with van der Waals surface area (Å²) < 4.78 is 1.17. The van der Waals surface area contributed by atoms with E-state index in [1.807, 2.05) is 0 Å². The van der Waals surface area contributed by atoms with Gasteiger partial charge in [0, 0.05) is 14.7 Å². The normalized spacial score (nSPS) is 9.75. The maximum absolute atomic E-state index is 3.76. The van der Waals surface area contributed by atoms with Crippen LogP contribution < -0.4 is 0 Å². The molecule has 1 aromatic heterocycles. The van der Waals surface area contributed by atoms with E-state index in [-0.39, 0.29) is 0 Å². The lowest BCUT2D eigenvalue weighted by atomic mass is 10.4. The zero-order chi connectivity index (χ0) is 5.98. The summed E-state index contributed by atoms with van der Waals surface area (Å²) in [6, 6.07) is 2.09. The molecule has 1 radical (unpaired) electrons. The lowest BCUT2D eigenvalue weighted by molar-refractivity contribution is 1.35. The highest BCUT2D eigenvalue weighted by atomic mass is 79.9. The topological polar surface area (TPSA) is 0 Å². The summed E-state index contributed by atoms with van der Waals surface area (Å²) in [7, 11) is 0. The molecule has 0 bridgehead atoms. The van der Waals surface area contributed by atoms with E-state index in [0.717, 1.165) is 6.42 Å². The van der Waals surface area contributed by atoms with Crippen LogP contribution in [0.5, 0.6) is 0 Å². The molecule has 43 valence electrons. The fourth-order valence-corrected chi connectivity index (χ4v) is 1.84. The van der Waals surface area contributed by atoms with Gasteiger partial charge in [0.25, 0.3) is 0 Å². The van der Waals surface area contributed by atoms with Crippen LogP contribution in [0.2, 0.25) is 0 Å². The van der Waals surface area contributed by atoms with E-state index in [1.54, 1.807) is 11.3 Å². The van der Waals surface area contributed by atoms with E-state index >= 15 is 0 Å². The molecular formula is C6H6BrS. The average molecular weight is 190 g/mol. The van der Waals surface area contributed by atoms with Gasteiger partial charge in [-0.15, -0.1) is 11.3 Å². The summed E-state index contributed by atoms with van der Waals surface area (Å²) in [6.07, 6.45) is 0.899. The zero-order valence-corrected chi connectivity index (χ0v) is 6.76. The predicted molar refractivity (Wildman–Crippen MR) is 41.1 cm³/mol. The third-order valence-corrected chi connectivity index (χ3v) is 2.63. The smallest absolute Gasteiger partial charge is 0.0285 e. The minimum absolute atomic E-state index is 0.899. The molecule has 0 amide bonds. The van der Waals surface area contributed by atoms with Gasteiger partial charge in [-0.25, -0.2) is 0 Å². The molecule has 0 fully saturated rings. The first-order valence-electron chi connectivity index (χ1n) is 2.35. The van der Waals surface area contributed by atoms with Crippen molar-refractivity contribution in [2.24, 2.45) is 0 Å². The van der Waals surface area contributed by atoms with Gasteiger partial charge in [-0.3, -0.25) is 0 Å². The van der Waals surface area contributed by atoms with Gasteiger partial charge in [0.05, 0.1) is 0 Å². The van der Waals surface area contributed by atoms with E-state index in [0.29, 0.717) is 0 Å². The molecule has 0 aliphatic heterocycles. The molecule has 0 saturated carbocycles. The summed E-state index contributed by atoms with van der Waals surface area (Å²) >= 11 is 5.10. The first kappa shape index (κ1) is 6.30. The second-order valence-electron chi connectivity index (χ2n) is 1.48. The van der Waals surface area contributed by atoms with Crippen molar-refractivity contribution in [2.45, 2.75) is 6.42 Å². The van der Waals surface area contributed by atoms with Gasteiger partial charge in [0.1, 0.15) is 0 Å². The van der Waals surface area contributed by atoms with E-state index in [4.69, 9.17) is 0 Å². The monoisotopic (exact) mass is 189 g/mol. The lowest BCUT2D eigenvalue weighted by Gasteiger charge is -1.79. The standard InChI is InChI=1S/C6H6BrS/c1-2-6-3-5(7)4-8-6/h3-4H,1-2H2. The number of rotatable bonds is 1. The molecule has 2 heteroatoms. The van der Waals surface area contributed by atoms with Crippen molar-refractivity contribution in [1.29, 1.82) is 0 Å². The Kier molecular flexibility index (Phi) is 2.08. The Hall–Kier alpha value is 0.180. The summed E-state index contributed by atoms with van der Waals surface area (Å²) in [6.45, 7) is 3.76. The average Bonchev–Trinajstić information content (AvgIpc) is 2.14. The molecule has 0 N–H and O–H groups in total. The quantitative estimate of drug-likeness (QED) is 0.638. The Morgan fingerprint density at radius 3 is 2.75 bits per heavy atom. The van der Waals surface area contributed by atoms with Crippen molar-refractivity contribution in [3.8, 4) is 0 Å². The van der Waals surface area contributed by atoms with Crippen molar-refractivity contribution in [3.05, 3.63) is 27.7 Å². The van der Waals surface area contributed by atoms with Crippen LogP contribution in [0.15, 0.2) is 15.9 Å². The summed E-state index contributed by atoms with van der Waals surface area (Å²) in [5, 5.41) is 2.07. The van der Waals surface area contributed by atoms with Gasteiger partial charge < -0.3 is 0 Å². The van der Waals surface area contributed by atoms with Gasteiger partial charge in [0.2, 0.25) is 0 Å². The van der Waals surface area contributed by atoms with Crippen LogP contribution >= 0.6 is 27.3 Å². The maximum Gasteiger partial charge on any atom is 0.0285 e. The molecule has 0 unspecified atom stereocenters. The Morgan fingerprint density at radius 2 is 2.50 bits per heavy atom.